The summed E-state index contributed by atoms with van der Waals surface area (Å²) in [4.78, 5) is -1.92. The summed E-state index contributed by atoms with van der Waals surface area (Å²) in [5.74, 6) is -3.14. The second-order valence-corrected chi connectivity index (χ2v) is 19.9. The molecule has 4 aromatic carbocycles. The van der Waals surface area contributed by atoms with Crippen LogP contribution < -0.4 is 19.9 Å². The number of nitrogens with zero attached hydrogens (tertiary/aromatic N) is 4. The van der Waals surface area contributed by atoms with Gasteiger partial charge < -0.3 is 25.1 Å². The van der Waals surface area contributed by atoms with E-state index in [1.807, 2.05) is 0 Å². The standard InChI is InChI=1S/C31H35N5O22S6/c1-5-52-22-15-27(62(42,43)9-7-54-64(47,48)49)23(51-4)12-19(22)33-35-20-13-26(63(44,45)46)17-11-24(59-57-55-38)30(31(37)28(17)29(20)32)36-34-18-10-16(2)25(14-21(18)50-3)61(40,41)8-6-53-60-58-56-39/h10-15,37-39H,5-9,32H2,1-4H3,(H,44,45,46)(H,47,48,49). The summed E-state index contributed by atoms with van der Waals surface area (Å²) in [7, 11) is -16.3. The van der Waals surface area contributed by atoms with Crippen LogP contribution in [-0.2, 0) is 67.3 Å². The Morgan fingerprint density at radius 3 is 1.91 bits per heavy atom. The molecule has 0 atom stereocenters. The zero-order chi connectivity index (χ0) is 47.6. The number of aryl methyl sites for hydroxylation is 1. The third kappa shape index (κ3) is 13.0. The van der Waals surface area contributed by atoms with E-state index in [1.165, 1.54) is 27.0 Å². The quantitative estimate of drug-likeness (QED) is 0.00928. The highest BCUT2D eigenvalue weighted by Gasteiger charge is 2.28. The Kier molecular flexibility index (Phi) is 18.0. The summed E-state index contributed by atoms with van der Waals surface area (Å²) in [6.45, 7) is 1.54. The SMILES string of the molecule is CCOc1cc(S(=O)(=O)CCOS(=O)(=O)O)c(OC)cc1N=Nc1cc(S(=O)(=O)O)c2cc(SOOO)c(N=Nc3cc(C)c(S(=O)(=O)CCOSOOO)cc3OC)c(O)c2c1N. The lowest BCUT2D eigenvalue weighted by molar-refractivity contribution is -0.434. The van der Waals surface area contributed by atoms with Crippen molar-refractivity contribution in [3.63, 3.8) is 0 Å². The number of fused-ring (bicyclic) bond motifs is 1. The Labute approximate surface area is 371 Å². The topological polar surface area (TPSA) is 396 Å². The van der Waals surface area contributed by atoms with Crippen molar-refractivity contribution in [2.45, 2.75) is 33.4 Å². The Morgan fingerprint density at radius 1 is 0.703 bits per heavy atom. The van der Waals surface area contributed by atoms with Crippen LogP contribution in [-0.4, -0.2) is 104 Å². The number of benzene rings is 4. The first-order valence-electron chi connectivity index (χ1n) is 17.0. The number of hydrogen-bond donors (Lipinski definition) is 6. The molecular formula is C31H35N5O22S6. The van der Waals surface area contributed by atoms with Crippen LogP contribution in [0.3, 0.4) is 0 Å². The molecule has 0 radical (unpaired) electrons. The summed E-state index contributed by atoms with van der Waals surface area (Å²) < 4.78 is 153. The van der Waals surface area contributed by atoms with Crippen LogP contribution in [0.2, 0.25) is 0 Å². The minimum absolute atomic E-state index is 0.0648. The molecule has 0 unspecified atom stereocenters. The molecule has 7 N–H and O–H groups in total. The molecule has 0 aromatic heterocycles. The fourth-order valence-corrected chi connectivity index (χ4v) is 9.94. The van der Waals surface area contributed by atoms with Gasteiger partial charge >= 0.3 is 10.4 Å². The number of nitrogen functional groups attached to an aromatic ring is 1. The van der Waals surface area contributed by atoms with E-state index >= 15 is 0 Å². The number of rotatable bonds is 24. The van der Waals surface area contributed by atoms with E-state index in [9.17, 15) is 43.3 Å². The van der Waals surface area contributed by atoms with Gasteiger partial charge in [-0.3, -0.25) is 13.3 Å². The summed E-state index contributed by atoms with van der Waals surface area (Å²) in [6, 6.07) is 6.19. The lowest BCUT2D eigenvalue weighted by atomic mass is 10.0. The molecule has 33 heteroatoms. The average Bonchev–Trinajstić information content (AvgIpc) is 3.21. The molecule has 4 rings (SSSR count). The van der Waals surface area contributed by atoms with Gasteiger partial charge in [0.1, 0.15) is 49.8 Å². The highest BCUT2D eigenvalue weighted by molar-refractivity contribution is 7.94. The number of azo groups is 2. The minimum atomic E-state index is -5.20. The second kappa shape index (κ2) is 22.1. The zero-order valence-corrected chi connectivity index (χ0v) is 37.9. The van der Waals surface area contributed by atoms with Gasteiger partial charge in [0.25, 0.3) is 10.1 Å². The maximum absolute atomic E-state index is 13.1. The Balaban J connectivity index is 1.89. The monoisotopic (exact) mass is 1020 g/mol. The molecule has 0 fully saturated rings. The van der Waals surface area contributed by atoms with E-state index in [1.54, 1.807) is 0 Å². The highest BCUT2D eigenvalue weighted by Crippen LogP contribution is 2.50. The van der Waals surface area contributed by atoms with Crippen molar-refractivity contribution in [1.82, 2.24) is 0 Å². The molecule has 64 heavy (non-hydrogen) atoms. The van der Waals surface area contributed by atoms with Crippen molar-refractivity contribution in [1.29, 1.82) is 0 Å². The first-order chi connectivity index (χ1) is 30.0. The molecule has 0 spiro atoms. The molecule has 0 amide bonds. The lowest BCUT2D eigenvalue weighted by Crippen LogP contribution is -2.16. The van der Waals surface area contributed by atoms with Crippen LogP contribution in [0.5, 0.6) is 23.0 Å². The van der Waals surface area contributed by atoms with Gasteiger partial charge in [0.05, 0.1) is 78.5 Å². The third-order valence-electron chi connectivity index (χ3n) is 8.09. The minimum Gasteiger partial charge on any atom is -0.505 e. The highest BCUT2D eigenvalue weighted by atomic mass is 32.3. The molecule has 0 aliphatic heterocycles. The molecule has 0 aliphatic rings. The molecule has 0 aliphatic carbocycles. The number of sulfone groups is 2. The number of phenols is 1. The van der Waals surface area contributed by atoms with Gasteiger partial charge in [-0.25, -0.2) is 31.5 Å². The van der Waals surface area contributed by atoms with Gasteiger partial charge in [0, 0.05) is 23.6 Å². The maximum Gasteiger partial charge on any atom is 0.397 e. The molecule has 0 bridgehead atoms. The van der Waals surface area contributed by atoms with Gasteiger partial charge in [0.2, 0.25) is 0 Å². The fraction of sp³-hybridized carbons (Fsp3) is 0.290. The first kappa shape index (κ1) is 52.1. The van der Waals surface area contributed by atoms with Gasteiger partial charge in [-0.05, 0) is 37.6 Å². The Morgan fingerprint density at radius 2 is 1.30 bits per heavy atom. The van der Waals surface area contributed by atoms with E-state index < -0.39 is 108 Å². The van der Waals surface area contributed by atoms with Gasteiger partial charge in [-0.15, -0.1) is 29.1 Å². The molecule has 0 heterocycles. The molecule has 27 nitrogen and oxygen atoms in total. The van der Waals surface area contributed by atoms with Crippen molar-refractivity contribution >= 4 is 104 Å². The number of nitrogens with two attached hydrogens (primary N) is 1. The summed E-state index contributed by atoms with van der Waals surface area (Å²) in [5.41, 5.74) is 4.72. The third-order valence-corrected chi connectivity index (χ3v) is 14.0. The van der Waals surface area contributed by atoms with Crippen molar-refractivity contribution in [2.75, 3.05) is 51.3 Å². The molecular weight excluding hydrogens is 987 g/mol. The largest absolute Gasteiger partial charge is 0.505 e. The molecule has 4 aromatic rings. The molecule has 0 saturated heterocycles. The number of anilines is 1. The zero-order valence-electron chi connectivity index (χ0n) is 33.0. The van der Waals surface area contributed by atoms with Crippen molar-refractivity contribution < 1.29 is 99.7 Å². The van der Waals surface area contributed by atoms with Crippen LogP contribution in [0.1, 0.15) is 12.5 Å². The number of aromatic hydroxyl groups is 1. The Bertz CT molecular complexity index is 2880. The summed E-state index contributed by atoms with van der Waals surface area (Å²) in [5, 5.41) is 51.0. The van der Waals surface area contributed by atoms with E-state index in [-0.39, 0.29) is 75.0 Å². The van der Waals surface area contributed by atoms with Crippen LogP contribution in [0.15, 0.2) is 76.4 Å². The predicted octanol–water partition coefficient (Wildman–Crippen LogP) is 5.73. The number of hydrogen-bond acceptors (Lipinski definition) is 27. The maximum atomic E-state index is 13.1. The normalized spacial score (nSPS) is 12.8. The number of methoxy groups -OCH3 is 2. The second-order valence-electron chi connectivity index (χ2n) is 12.0. The van der Waals surface area contributed by atoms with Gasteiger partial charge in [-0.1, -0.05) is 10.1 Å². The lowest BCUT2D eigenvalue weighted by Gasteiger charge is -2.15. The van der Waals surface area contributed by atoms with Crippen LogP contribution in [0.4, 0.5) is 28.4 Å². The molecule has 0 saturated carbocycles. The predicted molar refractivity (Wildman–Crippen MR) is 221 cm³/mol. The average molecular weight is 1020 g/mol. The Hall–Kier alpha value is -4.56. The van der Waals surface area contributed by atoms with E-state index in [2.05, 4.69) is 43.4 Å². The van der Waals surface area contributed by atoms with Gasteiger partial charge in [0.15, 0.2) is 37.7 Å². The van der Waals surface area contributed by atoms with Crippen molar-refractivity contribution in [3.05, 3.63) is 42.0 Å². The van der Waals surface area contributed by atoms with E-state index in [0.29, 0.717) is 0 Å². The fourth-order valence-electron chi connectivity index (χ4n) is 5.42. The number of phenolic OH excluding ortho intramolecular Hbond substituents is 1. The van der Waals surface area contributed by atoms with Crippen molar-refractivity contribution in [3.8, 4) is 23.0 Å². The summed E-state index contributed by atoms with van der Waals surface area (Å²) in [6.07, 6.45) is 0. The van der Waals surface area contributed by atoms with Gasteiger partial charge in [-0.2, -0.15) is 16.8 Å². The first-order valence-corrected chi connectivity index (χ1v) is 24.5. The van der Waals surface area contributed by atoms with Crippen LogP contribution in [0.25, 0.3) is 10.8 Å². The molecule has 352 valence electrons. The van der Waals surface area contributed by atoms with E-state index in [0.717, 1.165) is 37.4 Å². The van der Waals surface area contributed by atoms with E-state index in [4.69, 9.17) is 39.2 Å². The smallest absolute Gasteiger partial charge is 0.397 e. The van der Waals surface area contributed by atoms with Crippen LogP contribution >= 0.6 is 24.4 Å². The van der Waals surface area contributed by atoms with Crippen LogP contribution in [0, 0.1) is 6.92 Å². The summed E-state index contributed by atoms with van der Waals surface area (Å²) >= 11 is 0.363. The number of ether oxygens (including phenoxy) is 3. The van der Waals surface area contributed by atoms with Crippen molar-refractivity contribution in [2.24, 2.45) is 20.5 Å².